The van der Waals surface area contributed by atoms with Crippen molar-refractivity contribution in [1.29, 1.82) is 0 Å². The van der Waals surface area contributed by atoms with Crippen LogP contribution in [0.5, 0.6) is 0 Å². The van der Waals surface area contributed by atoms with Crippen LogP contribution in [-0.2, 0) is 0 Å². The molecule has 0 atom stereocenters. The van der Waals surface area contributed by atoms with E-state index in [0.29, 0.717) is 23.2 Å². The number of hydrogen-bond acceptors (Lipinski definition) is 6. The van der Waals surface area contributed by atoms with Crippen molar-refractivity contribution < 1.29 is 4.52 Å². The van der Waals surface area contributed by atoms with Crippen molar-refractivity contribution in [2.24, 2.45) is 0 Å². The summed E-state index contributed by atoms with van der Waals surface area (Å²) in [6.07, 6.45) is 3.27. The van der Waals surface area contributed by atoms with Gasteiger partial charge in [0.05, 0.1) is 0 Å². The minimum absolute atomic E-state index is 0.393. The van der Waals surface area contributed by atoms with Crippen LogP contribution in [0, 0.1) is 0 Å². The van der Waals surface area contributed by atoms with Gasteiger partial charge in [0.1, 0.15) is 11.5 Å². The summed E-state index contributed by atoms with van der Waals surface area (Å²) in [5.41, 5.74) is 7.00. The van der Waals surface area contributed by atoms with E-state index in [1.165, 1.54) is 0 Å². The number of nitrogen functional groups attached to an aromatic ring is 1. The molecule has 2 N–H and O–H groups in total. The third kappa shape index (κ3) is 1.91. The first-order chi connectivity index (χ1) is 8.83. The molecule has 0 aliphatic rings. The molecule has 88 valence electrons. The number of pyridine rings is 2. The summed E-state index contributed by atoms with van der Waals surface area (Å²) in [4.78, 5) is 12.3. The van der Waals surface area contributed by atoms with Crippen LogP contribution in [0.25, 0.3) is 23.0 Å². The monoisotopic (exact) mass is 239 g/mol. The fourth-order valence-electron chi connectivity index (χ4n) is 1.52. The second kappa shape index (κ2) is 4.25. The fraction of sp³-hybridized carbons (Fsp3) is 0. The minimum atomic E-state index is 0.393. The first-order valence-corrected chi connectivity index (χ1v) is 5.30. The van der Waals surface area contributed by atoms with Gasteiger partial charge in [-0.05, 0) is 24.3 Å². The van der Waals surface area contributed by atoms with E-state index in [2.05, 4.69) is 20.1 Å². The van der Waals surface area contributed by atoms with Gasteiger partial charge in [-0.15, -0.1) is 0 Å². The molecule has 0 aliphatic heterocycles. The van der Waals surface area contributed by atoms with Crippen LogP contribution < -0.4 is 5.73 Å². The van der Waals surface area contributed by atoms with Gasteiger partial charge >= 0.3 is 0 Å². The highest BCUT2D eigenvalue weighted by molar-refractivity contribution is 5.59. The second-order valence-corrected chi connectivity index (χ2v) is 3.61. The Bertz CT molecular complexity index is 665. The van der Waals surface area contributed by atoms with Gasteiger partial charge in [-0.1, -0.05) is 11.2 Å². The molecule has 6 nitrogen and oxygen atoms in total. The molecular weight excluding hydrogens is 230 g/mol. The molecule has 3 aromatic rings. The first-order valence-electron chi connectivity index (χ1n) is 5.30. The van der Waals surface area contributed by atoms with Crippen molar-refractivity contribution in [3.63, 3.8) is 0 Å². The van der Waals surface area contributed by atoms with Gasteiger partial charge in [-0.2, -0.15) is 4.98 Å². The topological polar surface area (TPSA) is 90.7 Å². The summed E-state index contributed by atoms with van der Waals surface area (Å²) in [7, 11) is 0. The predicted molar refractivity (Wildman–Crippen MR) is 65.2 cm³/mol. The van der Waals surface area contributed by atoms with Gasteiger partial charge in [0.2, 0.25) is 5.82 Å². The Morgan fingerprint density at radius 3 is 2.78 bits per heavy atom. The fourth-order valence-corrected chi connectivity index (χ4v) is 1.52. The Morgan fingerprint density at radius 1 is 1.06 bits per heavy atom. The molecule has 0 fully saturated rings. The van der Waals surface area contributed by atoms with Crippen molar-refractivity contribution in [3.8, 4) is 23.0 Å². The molecule has 0 spiro atoms. The molecule has 0 bridgehead atoms. The Balaban J connectivity index is 2.00. The van der Waals surface area contributed by atoms with Crippen LogP contribution in [-0.4, -0.2) is 20.1 Å². The minimum Gasteiger partial charge on any atom is -0.384 e. The van der Waals surface area contributed by atoms with Gasteiger partial charge in [0.25, 0.3) is 5.89 Å². The van der Waals surface area contributed by atoms with Crippen molar-refractivity contribution in [3.05, 3.63) is 42.7 Å². The summed E-state index contributed by atoms with van der Waals surface area (Å²) in [5, 5.41) is 3.88. The van der Waals surface area contributed by atoms with Gasteiger partial charge in [-0.25, -0.2) is 4.98 Å². The van der Waals surface area contributed by atoms with Gasteiger partial charge in [-0.3, -0.25) is 4.98 Å². The third-order valence-electron chi connectivity index (χ3n) is 2.35. The lowest BCUT2D eigenvalue weighted by Gasteiger charge is -1.94. The second-order valence-electron chi connectivity index (χ2n) is 3.61. The van der Waals surface area contributed by atoms with Crippen molar-refractivity contribution in [2.45, 2.75) is 0 Å². The van der Waals surface area contributed by atoms with Crippen LogP contribution >= 0.6 is 0 Å². The number of rotatable bonds is 2. The molecule has 0 radical (unpaired) electrons. The van der Waals surface area contributed by atoms with Crippen LogP contribution in [0.15, 0.2) is 47.2 Å². The number of nitrogens with two attached hydrogens (primary N) is 1. The smallest absolute Gasteiger partial charge is 0.258 e. The van der Waals surface area contributed by atoms with Gasteiger partial charge in [0.15, 0.2) is 0 Å². The molecule has 3 rings (SSSR count). The molecule has 3 heterocycles. The summed E-state index contributed by atoms with van der Waals surface area (Å²) in [5.74, 6) is 1.25. The van der Waals surface area contributed by atoms with Gasteiger partial charge in [0, 0.05) is 18.0 Å². The Hall–Kier alpha value is -2.76. The number of aromatic nitrogens is 4. The molecule has 0 aromatic carbocycles. The maximum absolute atomic E-state index is 5.60. The average Bonchev–Trinajstić information content (AvgIpc) is 2.89. The summed E-state index contributed by atoms with van der Waals surface area (Å²) in [6, 6.07) is 8.94. The van der Waals surface area contributed by atoms with E-state index in [4.69, 9.17) is 10.3 Å². The standard InChI is InChI=1S/C12H9N5O/c13-10-7-8(4-6-15-10)12-16-11(17-18-12)9-3-1-2-5-14-9/h1-7H,(H2,13,15). The molecule has 0 saturated carbocycles. The van der Waals surface area contributed by atoms with Crippen LogP contribution in [0.3, 0.4) is 0 Å². The van der Waals surface area contributed by atoms with E-state index in [0.717, 1.165) is 5.56 Å². The third-order valence-corrected chi connectivity index (χ3v) is 2.35. The highest BCUT2D eigenvalue weighted by Crippen LogP contribution is 2.21. The summed E-state index contributed by atoms with van der Waals surface area (Å²) in [6.45, 7) is 0. The zero-order chi connectivity index (χ0) is 12.4. The van der Waals surface area contributed by atoms with Gasteiger partial charge < -0.3 is 10.3 Å². The van der Waals surface area contributed by atoms with Crippen molar-refractivity contribution in [1.82, 2.24) is 20.1 Å². The lowest BCUT2D eigenvalue weighted by molar-refractivity contribution is 0.432. The highest BCUT2D eigenvalue weighted by Gasteiger charge is 2.11. The van der Waals surface area contributed by atoms with E-state index in [1.54, 1.807) is 24.5 Å². The molecular formula is C12H9N5O. The van der Waals surface area contributed by atoms with Crippen LogP contribution in [0.4, 0.5) is 5.82 Å². The maximum Gasteiger partial charge on any atom is 0.258 e. The molecule has 0 amide bonds. The predicted octanol–water partition coefficient (Wildman–Crippen LogP) is 1.78. The Labute approximate surface area is 103 Å². The van der Waals surface area contributed by atoms with Crippen molar-refractivity contribution >= 4 is 5.82 Å². The largest absolute Gasteiger partial charge is 0.384 e. The number of nitrogens with zero attached hydrogens (tertiary/aromatic N) is 4. The lowest BCUT2D eigenvalue weighted by Crippen LogP contribution is -1.89. The van der Waals surface area contributed by atoms with Crippen LogP contribution in [0.1, 0.15) is 0 Å². The van der Waals surface area contributed by atoms with E-state index < -0.39 is 0 Å². The molecule has 6 heteroatoms. The highest BCUT2D eigenvalue weighted by atomic mass is 16.5. The Morgan fingerprint density at radius 2 is 2.00 bits per heavy atom. The maximum atomic E-state index is 5.60. The molecule has 0 aliphatic carbocycles. The SMILES string of the molecule is Nc1cc(-c2nc(-c3ccccn3)no2)ccn1. The molecule has 18 heavy (non-hydrogen) atoms. The summed E-state index contributed by atoms with van der Waals surface area (Å²) < 4.78 is 5.18. The lowest BCUT2D eigenvalue weighted by atomic mass is 10.2. The number of anilines is 1. The van der Waals surface area contributed by atoms with Crippen LogP contribution in [0.2, 0.25) is 0 Å². The normalized spacial score (nSPS) is 10.4. The van der Waals surface area contributed by atoms with E-state index >= 15 is 0 Å². The first kappa shape index (κ1) is 10.4. The van der Waals surface area contributed by atoms with E-state index in [-0.39, 0.29) is 0 Å². The average molecular weight is 239 g/mol. The van der Waals surface area contributed by atoms with Crippen molar-refractivity contribution in [2.75, 3.05) is 5.73 Å². The zero-order valence-corrected chi connectivity index (χ0v) is 9.32. The Kier molecular flexibility index (Phi) is 2.45. The summed E-state index contributed by atoms with van der Waals surface area (Å²) >= 11 is 0. The quantitative estimate of drug-likeness (QED) is 0.732. The van der Waals surface area contributed by atoms with E-state index in [9.17, 15) is 0 Å². The number of hydrogen-bond donors (Lipinski definition) is 1. The molecule has 0 unspecified atom stereocenters. The molecule has 0 saturated heterocycles. The zero-order valence-electron chi connectivity index (χ0n) is 9.32. The molecule has 3 aromatic heterocycles. The van der Waals surface area contributed by atoms with E-state index in [1.807, 2.05) is 18.2 Å².